The molecule has 3 saturated heterocycles. The standard InChI is InChI=1S/C40H54O27/c1-15(41)52-12-26-29(55-18(4)44)32(58-21(7)47)35(60-23(9)49)38(63-26)66-34-31(57-20(6)46)28(14-54-17(3)43)65-40(37(34)62-25(11)51)67-39-36(61-24(10)50)33(59-22(8)48)30(56-19(5)45)27(64-39)13-53-16(2)42/h26-40H,12-14H2,1-11H3/t26-,27-,28-,29-,30-,31-,32+,33+,34+,35-,36-,37-,38+,39-,40-/m1/s1. The average Bonchev–Trinajstić information content (AvgIpc) is 3.17. The Morgan fingerprint density at radius 3 is 0.731 bits per heavy atom. The van der Waals surface area contributed by atoms with Crippen LogP contribution in [0.15, 0.2) is 0 Å². The van der Waals surface area contributed by atoms with Crippen molar-refractivity contribution in [1.29, 1.82) is 0 Å². The van der Waals surface area contributed by atoms with E-state index in [0.717, 1.165) is 76.2 Å². The first kappa shape index (κ1) is 55.3. The van der Waals surface area contributed by atoms with E-state index in [9.17, 15) is 52.7 Å². The van der Waals surface area contributed by atoms with Crippen molar-refractivity contribution in [2.75, 3.05) is 19.8 Å². The first-order chi connectivity index (χ1) is 31.3. The van der Waals surface area contributed by atoms with Gasteiger partial charge in [0.05, 0.1) is 0 Å². The third-order valence-electron chi connectivity index (χ3n) is 9.10. The van der Waals surface area contributed by atoms with E-state index in [2.05, 4.69) is 0 Å². The number of hydrogen-bond donors (Lipinski definition) is 0. The largest absolute Gasteiger partial charge is 0.463 e. The summed E-state index contributed by atoms with van der Waals surface area (Å²) < 4.78 is 90.5. The third-order valence-corrected chi connectivity index (χ3v) is 9.10. The van der Waals surface area contributed by atoms with E-state index in [1.54, 1.807) is 0 Å². The lowest BCUT2D eigenvalue weighted by Crippen LogP contribution is -2.68. The molecular formula is C40H54O27. The number of carbonyl (C=O) groups is 11. The minimum absolute atomic E-state index is 0.700. The van der Waals surface area contributed by atoms with Crippen LogP contribution in [0.25, 0.3) is 0 Å². The van der Waals surface area contributed by atoms with Gasteiger partial charge >= 0.3 is 65.7 Å². The van der Waals surface area contributed by atoms with Crippen molar-refractivity contribution >= 4 is 65.7 Å². The maximum absolute atomic E-state index is 13.0. The van der Waals surface area contributed by atoms with Crippen LogP contribution in [0.5, 0.6) is 0 Å². The Hall–Kier alpha value is -6.03. The Morgan fingerprint density at radius 2 is 0.478 bits per heavy atom. The second-order valence-electron chi connectivity index (χ2n) is 14.9. The topological polar surface area (TPSA) is 335 Å². The Morgan fingerprint density at radius 1 is 0.269 bits per heavy atom. The predicted octanol–water partition coefficient (Wildman–Crippen LogP) is -1.29. The molecule has 3 aliphatic rings. The molecule has 0 saturated carbocycles. The van der Waals surface area contributed by atoms with Gasteiger partial charge in [0, 0.05) is 76.2 Å². The van der Waals surface area contributed by atoms with Gasteiger partial charge in [0.2, 0.25) is 12.6 Å². The number of hydrogen-bond acceptors (Lipinski definition) is 27. The maximum Gasteiger partial charge on any atom is 0.303 e. The molecule has 0 aromatic rings. The molecule has 3 aliphatic heterocycles. The fourth-order valence-electron chi connectivity index (χ4n) is 7.01. The molecule has 0 amide bonds. The van der Waals surface area contributed by atoms with E-state index in [-0.39, 0.29) is 0 Å². The molecule has 27 heteroatoms. The van der Waals surface area contributed by atoms with Gasteiger partial charge in [0.15, 0.2) is 55.1 Å². The lowest BCUT2D eigenvalue weighted by molar-refractivity contribution is -0.393. The molecule has 27 nitrogen and oxygen atoms in total. The smallest absolute Gasteiger partial charge is 0.303 e. The molecule has 0 unspecified atom stereocenters. The van der Waals surface area contributed by atoms with Gasteiger partial charge in [0.1, 0.15) is 44.2 Å². The van der Waals surface area contributed by atoms with Crippen molar-refractivity contribution in [3.8, 4) is 0 Å². The molecule has 0 aromatic heterocycles. The Labute approximate surface area is 382 Å². The summed E-state index contributed by atoms with van der Waals surface area (Å²) in [6.45, 7) is 8.57. The summed E-state index contributed by atoms with van der Waals surface area (Å²) in [6.07, 6.45) is -27.6. The van der Waals surface area contributed by atoms with Crippen molar-refractivity contribution in [3.63, 3.8) is 0 Å². The zero-order valence-electron chi connectivity index (χ0n) is 38.3. The van der Waals surface area contributed by atoms with Crippen LogP contribution in [0, 0.1) is 0 Å². The summed E-state index contributed by atoms with van der Waals surface area (Å²) in [5.41, 5.74) is 0. The number of carbonyl (C=O) groups excluding carboxylic acids is 11. The van der Waals surface area contributed by atoms with Crippen LogP contribution in [0.2, 0.25) is 0 Å². The summed E-state index contributed by atoms with van der Waals surface area (Å²) in [5, 5.41) is 0. The fourth-order valence-corrected chi connectivity index (χ4v) is 7.01. The molecule has 0 radical (unpaired) electrons. The first-order valence-corrected chi connectivity index (χ1v) is 20.3. The molecule has 3 heterocycles. The van der Waals surface area contributed by atoms with Crippen LogP contribution in [-0.4, -0.2) is 178 Å². The molecular weight excluding hydrogens is 912 g/mol. The normalized spacial score (nSPS) is 31.2. The molecule has 3 rings (SSSR count). The van der Waals surface area contributed by atoms with Crippen LogP contribution < -0.4 is 0 Å². The van der Waals surface area contributed by atoms with Crippen LogP contribution in [-0.2, 0) is 129 Å². The van der Waals surface area contributed by atoms with Crippen molar-refractivity contribution < 1.29 is 129 Å². The number of ether oxygens (including phenoxy) is 16. The van der Waals surface area contributed by atoms with Gasteiger partial charge in [-0.25, -0.2) is 0 Å². The Balaban J connectivity index is 2.34. The summed E-state index contributed by atoms with van der Waals surface area (Å²) in [5.74, 6) is -10.7. The molecule has 0 bridgehead atoms. The van der Waals surface area contributed by atoms with Gasteiger partial charge in [0.25, 0.3) is 0 Å². The highest BCUT2D eigenvalue weighted by Gasteiger charge is 2.60. The highest BCUT2D eigenvalue weighted by Crippen LogP contribution is 2.38. The Kier molecular flexibility index (Phi) is 20.8. The SMILES string of the molecule is CC(=O)OC[C@H]1O[C@@H](O[C@@H]2[C@@H](OC(C)=O)[C@@H](O[C@H]3O[C@H](COC(C)=O)[C@@H](OC(C)=O)[C@H](OC(C)=O)[C@H]3OC(C)=O)O[C@H](COC(C)=O)[C@H]2OC(C)=O)[C@H](OC(C)=O)[C@@H](OC(C)=O)[C@@H]1OC(C)=O. The van der Waals surface area contributed by atoms with Gasteiger partial charge in [-0.1, -0.05) is 0 Å². The van der Waals surface area contributed by atoms with E-state index < -0.39 is 178 Å². The van der Waals surface area contributed by atoms with Crippen LogP contribution in [0.4, 0.5) is 0 Å². The summed E-state index contributed by atoms with van der Waals surface area (Å²) in [7, 11) is 0. The minimum atomic E-state index is -2.10. The lowest BCUT2D eigenvalue weighted by Gasteiger charge is -2.50. The van der Waals surface area contributed by atoms with E-state index in [1.165, 1.54) is 0 Å². The van der Waals surface area contributed by atoms with Crippen LogP contribution in [0.3, 0.4) is 0 Å². The van der Waals surface area contributed by atoms with Crippen molar-refractivity contribution in [3.05, 3.63) is 0 Å². The zero-order chi connectivity index (χ0) is 50.4. The molecule has 67 heavy (non-hydrogen) atoms. The number of rotatable bonds is 18. The highest BCUT2D eigenvalue weighted by atomic mass is 16.8. The highest BCUT2D eigenvalue weighted by molar-refractivity contribution is 5.70. The maximum atomic E-state index is 13.0. The summed E-state index contributed by atoms with van der Waals surface area (Å²) >= 11 is 0. The number of esters is 11. The van der Waals surface area contributed by atoms with E-state index >= 15 is 0 Å². The fraction of sp³-hybridized carbons (Fsp3) is 0.725. The first-order valence-electron chi connectivity index (χ1n) is 20.3. The molecule has 0 N–H and O–H groups in total. The zero-order valence-corrected chi connectivity index (χ0v) is 38.3. The average molecular weight is 967 g/mol. The van der Waals surface area contributed by atoms with Crippen LogP contribution in [0.1, 0.15) is 76.2 Å². The van der Waals surface area contributed by atoms with Gasteiger partial charge in [-0.2, -0.15) is 0 Å². The van der Waals surface area contributed by atoms with Crippen LogP contribution >= 0.6 is 0 Å². The second kappa shape index (κ2) is 25.2. The van der Waals surface area contributed by atoms with E-state index in [4.69, 9.17) is 75.8 Å². The summed E-state index contributed by atoms with van der Waals surface area (Å²) in [6, 6.07) is 0. The molecule has 0 aliphatic carbocycles. The molecule has 15 atom stereocenters. The van der Waals surface area contributed by atoms with Crippen molar-refractivity contribution in [2.45, 2.75) is 168 Å². The van der Waals surface area contributed by atoms with Crippen molar-refractivity contribution in [1.82, 2.24) is 0 Å². The minimum Gasteiger partial charge on any atom is -0.463 e. The Bertz CT molecular complexity index is 1850. The van der Waals surface area contributed by atoms with Gasteiger partial charge in [-0.3, -0.25) is 52.7 Å². The molecule has 0 spiro atoms. The summed E-state index contributed by atoms with van der Waals surface area (Å²) in [4.78, 5) is 137. The second-order valence-corrected chi connectivity index (χ2v) is 14.9. The van der Waals surface area contributed by atoms with E-state index in [1.807, 2.05) is 0 Å². The predicted molar refractivity (Wildman–Crippen MR) is 206 cm³/mol. The van der Waals surface area contributed by atoms with Gasteiger partial charge in [-0.15, -0.1) is 0 Å². The van der Waals surface area contributed by atoms with Gasteiger partial charge in [-0.05, 0) is 0 Å². The molecule has 376 valence electrons. The quantitative estimate of drug-likeness (QED) is 0.114. The van der Waals surface area contributed by atoms with Gasteiger partial charge < -0.3 is 75.8 Å². The molecule has 0 aromatic carbocycles. The van der Waals surface area contributed by atoms with E-state index in [0.29, 0.717) is 0 Å². The monoisotopic (exact) mass is 966 g/mol. The van der Waals surface area contributed by atoms with Crippen molar-refractivity contribution in [2.24, 2.45) is 0 Å². The molecule has 3 fully saturated rings. The third kappa shape index (κ3) is 17.0. The lowest BCUT2D eigenvalue weighted by atomic mass is 9.95.